The van der Waals surface area contributed by atoms with Crippen LogP contribution in [0.1, 0.15) is 25.8 Å². The van der Waals surface area contributed by atoms with Crippen LogP contribution in [-0.4, -0.2) is 60.1 Å². The lowest BCUT2D eigenvalue weighted by molar-refractivity contribution is -0.132. The molecule has 0 aliphatic carbocycles. The van der Waals surface area contributed by atoms with Crippen LogP contribution in [0.4, 0.5) is 5.82 Å². The Morgan fingerprint density at radius 2 is 1.94 bits per heavy atom. The molecule has 1 amide bonds. The number of pyridine rings is 1. The molecule has 0 N–H and O–H groups in total. The Kier molecular flexibility index (Phi) is 6.17. The summed E-state index contributed by atoms with van der Waals surface area (Å²) in [5, 5.41) is 0. The summed E-state index contributed by atoms with van der Waals surface area (Å²) in [6.07, 6.45) is 7.03. The minimum atomic E-state index is -3.59. The van der Waals surface area contributed by atoms with E-state index in [1.807, 2.05) is 26.0 Å². The van der Waals surface area contributed by atoms with Crippen LogP contribution in [-0.2, 0) is 14.6 Å². The maximum atomic E-state index is 12.9. The van der Waals surface area contributed by atoms with Crippen LogP contribution in [0.3, 0.4) is 0 Å². The van der Waals surface area contributed by atoms with E-state index in [0.29, 0.717) is 23.3 Å². The predicted molar refractivity (Wildman–Crippen MR) is 126 cm³/mol. The smallest absolute Gasteiger partial charge is 0.223 e. The molecule has 0 bridgehead atoms. The molecule has 2 aromatic heterocycles. The number of carbonyl (C=O) groups is 1. The van der Waals surface area contributed by atoms with E-state index in [2.05, 4.69) is 20.8 Å². The van der Waals surface area contributed by atoms with E-state index in [0.717, 1.165) is 11.4 Å². The van der Waals surface area contributed by atoms with E-state index >= 15 is 0 Å². The second-order valence-electron chi connectivity index (χ2n) is 7.98. The Labute approximate surface area is 192 Å². The van der Waals surface area contributed by atoms with Gasteiger partial charge in [0.05, 0.1) is 26.4 Å². The van der Waals surface area contributed by atoms with Crippen LogP contribution in [0.5, 0.6) is 0 Å². The first kappa shape index (κ1) is 22.2. The fourth-order valence-corrected chi connectivity index (χ4v) is 6.76. The van der Waals surface area contributed by atoms with Crippen molar-refractivity contribution >= 4 is 43.1 Å². The second-order valence-corrected chi connectivity index (χ2v) is 10.9. The highest BCUT2D eigenvalue weighted by molar-refractivity contribution is 7.91. The van der Waals surface area contributed by atoms with Gasteiger partial charge in [0, 0.05) is 43.4 Å². The largest absolute Gasteiger partial charge is 0.348 e. The summed E-state index contributed by atoms with van der Waals surface area (Å²) in [6.45, 7) is 5.08. The Bertz CT molecular complexity index is 1270. The summed E-state index contributed by atoms with van der Waals surface area (Å²) < 4.78 is 26.5. The molecule has 1 fully saturated rings. The van der Waals surface area contributed by atoms with Crippen molar-refractivity contribution in [3.05, 3.63) is 47.6 Å². The number of sulfone groups is 1. The van der Waals surface area contributed by atoms with Crippen molar-refractivity contribution < 1.29 is 13.2 Å². The van der Waals surface area contributed by atoms with Crippen LogP contribution in [0.15, 0.2) is 46.9 Å². The van der Waals surface area contributed by atoms with E-state index in [1.165, 1.54) is 11.3 Å². The van der Waals surface area contributed by atoms with Crippen LogP contribution in [0.25, 0.3) is 10.2 Å². The van der Waals surface area contributed by atoms with E-state index in [1.54, 1.807) is 34.8 Å². The van der Waals surface area contributed by atoms with Gasteiger partial charge in [-0.05, 0) is 38.1 Å². The number of amides is 1. The molecule has 3 heterocycles. The number of anilines is 1. The monoisotopic (exact) mass is 468 g/mol. The molecule has 32 heavy (non-hydrogen) atoms. The van der Waals surface area contributed by atoms with Crippen molar-refractivity contribution in [3.63, 3.8) is 0 Å². The summed E-state index contributed by atoms with van der Waals surface area (Å²) >= 11 is 1.30. The van der Waals surface area contributed by atoms with Gasteiger partial charge in [0.2, 0.25) is 5.91 Å². The summed E-state index contributed by atoms with van der Waals surface area (Å²) in [6, 6.07) is 8.88. The number of piperazine rings is 1. The molecule has 1 saturated heterocycles. The number of aromatic nitrogens is 2. The van der Waals surface area contributed by atoms with Gasteiger partial charge in [-0.1, -0.05) is 12.0 Å². The van der Waals surface area contributed by atoms with E-state index in [4.69, 9.17) is 6.42 Å². The molecule has 1 aliphatic rings. The Hall–Kier alpha value is -2.96. The lowest BCUT2D eigenvalue weighted by Crippen LogP contribution is -2.58. The number of hydrogen-bond donors (Lipinski definition) is 0. The third-order valence-electron chi connectivity index (χ3n) is 5.69. The van der Waals surface area contributed by atoms with Gasteiger partial charge < -0.3 is 9.80 Å². The molecular weight excluding hydrogens is 444 g/mol. The number of rotatable bonds is 5. The highest BCUT2D eigenvalue weighted by Crippen LogP contribution is 2.28. The van der Waals surface area contributed by atoms with Crippen LogP contribution < -0.4 is 4.90 Å². The minimum absolute atomic E-state index is 0.0365. The van der Waals surface area contributed by atoms with Gasteiger partial charge in [0.1, 0.15) is 5.82 Å². The Morgan fingerprint density at radius 3 is 2.59 bits per heavy atom. The number of thiazole rings is 1. The highest BCUT2D eigenvalue weighted by Gasteiger charge is 2.33. The molecule has 9 heteroatoms. The number of hydrogen-bond acceptors (Lipinski definition) is 7. The normalized spacial score (nSPS) is 19.2. The van der Waals surface area contributed by atoms with Crippen molar-refractivity contribution in [3.8, 4) is 12.3 Å². The number of terminal acetylenes is 1. The first-order chi connectivity index (χ1) is 15.3. The topological polar surface area (TPSA) is 83.5 Å². The van der Waals surface area contributed by atoms with Crippen molar-refractivity contribution in [2.24, 2.45) is 0 Å². The van der Waals surface area contributed by atoms with E-state index < -0.39 is 9.84 Å². The quantitative estimate of drug-likeness (QED) is 0.536. The van der Waals surface area contributed by atoms with Gasteiger partial charge in [0.15, 0.2) is 9.84 Å². The van der Waals surface area contributed by atoms with Crippen LogP contribution in [0, 0.1) is 12.3 Å². The average Bonchev–Trinajstić information content (AvgIpc) is 3.26. The molecule has 3 aromatic rings. The zero-order valence-electron chi connectivity index (χ0n) is 17.9. The fraction of sp³-hybridized carbons (Fsp3) is 0.348. The van der Waals surface area contributed by atoms with Gasteiger partial charge >= 0.3 is 0 Å². The molecule has 1 aromatic carbocycles. The van der Waals surface area contributed by atoms with Gasteiger partial charge in [0.25, 0.3) is 0 Å². The maximum Gasteiger partial charge on any atom is 0.223 e. The number of nitrogens with zero attached hydrogens (tertiary/aromatic N) is 4. The minimum Gasteiger partial charge on any atom is -0.348 e. The van der Waals surface area contributed by atoms with E-state index in [9.17, 15) is 13.2 Å². The SMILES string of the molecule is C#Cc1ccc(N2C(C)CN(C(=O)CCS(=O)(=O)c3cccc4ncsc34)CC2C)nc1. The summed E-state index contributed by atoms with van der Waals surface area (Å²) in [5.41, 5.74) is 3.01. The Balaban J connectivity index is 1.42. The van der Waals surface area contributed by atoms with Crippen LogP contribution in [0.2, 0.25) is 0 Å². The standard InChI is InChI=1S/C23H24N4O3S2/c1-4-18-8-9-21(24-12-18)27-16(2)13-26(14-17(27)3)22(28)10-11-32(29,30)20-7-5-6-19-23(20)31-15-25-19/h1,5-9,12,15-17H,10-11,13-14H2,2-3H3. The maximum absolute atomic E-state index is 12.9. The first-order valence-corrected chi connectivity index (χ1v) is 12.9. The number of carbonyl (C=O) groups excluding carboxylic acids is 1. The third kappa shape index (κ3) is 4.33. The van der Waals surface area contributed by atoms with Crippen LogP contribution >= 0.6 is 11.3 Å². The molecule has 0 spiro atoms. The molecule has 7 nitrogen and oxygen atoms in total. The summed E-state index contributed by atoms with van der Waals surface area (Å²) in [7, 11) is -3.59. The molecule has 0 saturated carbocycles. The predicted octanol–water partition coefficient (Wildman–Crippen LogP) is 2.96. The zero-order valence-corrected chi connectivity index (χ0v) is 19.6. The lowest BCUT2D eigenvalue weighted by atomic mass is 10.1. The molecule has 0 radical (unpaired) electrons. The van der Waals surface area contributed by atoms with Crippen molar-refractivity contribution in [1.29, 1.82) is 0 Å². The zero-order chi connectivity index (χ0) is 22.9. The lowest BCUT2D eigenvalue weighted by Gasteiger charge is -2.45. The molecule has 2 unspecified atom stereocenters. The van der Waals surface area contributed by atoms with Gasteiger partial charge in [-0.25, -0.2) is 18.4 Å². The van der Waals surface area contributed by atoms with Crippen molar-refractivity contribution in [2.75, 3.05) is 23.7 Å². The van der Waals surface area contributed by atoms with Gasteiger partial charge in [-0.2, -0.15) is 0 Å². The van der Waals surface area contributed by atoms with Crippen molar-refractivity contribution in [2.45, 2.75) is 37.2 Å². The average molecular weight is 469 g/mol. The van der Waals surface area contributed by atoms with Gasteiger partial charge in [-0.3, -0.25) is 4.79 Å². The van der Waals surface area contributed by atoms with Crippen molar-refractivity contribution in [1.82, 2.24) is 14.9 Å². The molecular formula is C23H24N4O3S2. The number of fused-ring (bicyclic) bond motifs is 1. The molecule has 166 valence electrons. The molecule has 4 rings (SSSR count). The molecule has 1 aliphatic heterocycles. The summed E-state index contributed by atoms with van der Waals surface area (Å²) in [5.74, 6) is 3.00. The highest BCUT2D eigenvalue weighted by atomic mass is 32.2. The third-order valence-corrected chi connectivity index (χ3v) is 8.45. The first-order valence-electron chi connectivity index (χ1n) is 10.3. The molecule has 2 atom stereocenters. The van der Waals surface area contributed by atoms with Gasteiger partial charge in [-0.15, -0.1) is 17.8 Å². The Morgan fingerprint density at radius 1 is 1.19 bits per heavy atom. The summed E-state index contributed by atoms with van der Waals surface area (Å²) in [4.78, 5) is 25.7. The fourth-order valence-electron chi connectivity index (χ4n) is 4.20. The number of benzene rings is 1. The second kappa shape index (κ2) is 8.88. The van der Waals surface area contributed by atoms with E-state index in [-0.39, 0.29) is 35.1 Å².